The van der Waals surface area contributed by atoms with Gasteiger partial charge in [0.2, 0.25) is 5.91 Å². The minimum atomic E-state index is -0.602. The Kier molecular flexibility index (Phi) is 7.14. The van der Waals surface area contributed by atoms with E-state index in [4.69, 9.17) is 9.15 Å². The van der Waals surface area contributed by atoms with Crippen molar-refractivity contribution in [3.8, 4) is 5.75 Å². The van der Waals surface area contributed by atoms with Gasteiger partial charge in [0.15, 0.2) is 5.58 Å². The third-order valence-corrected chi connectivity index (χ3v) is 5.92. The number of carbonyl (C=O) groups excluding carboxylic acids is 1. The van der Waals surface area contributed by atoms with Gasteiger partial charge in [-0.25, -0.2) is 4.79 Å². The number of rotatable bonds is 10. The highest BCUT2D eigenvalue weighted by Gasteiger charge is 2.17. The summed E-state index contributed by atoms with van der Waals surface area (Å²) in [5.74, 6) is 0.112. The van der Waals surface area contributed by atoms with Gasteiger partial charge in [0.25, 0.3) is 5.69 Å². The number of nitro benzene ring substituents is 1. The van der Waals surface area contributed by atoms with E-state index in [9.17, 15) is 19.7 Å². The minimum absolute atomic E-state index is 0.0594. The lowest BCUT2D eigenvalue weighted by atomic mass is 10.0. The highest BCUT2D eigenvalue weighted by atomic mass is 16.6. The summed E-state index contributed by atoms with van der Waals surface area (Å²) in [4.78, 5) is 37.2. The molecule has 0 spiro atoms. The van der Waals surface area contributed by atoms with Crippen LogP contribution in [0.2, 0.25) is 0 Å². The first-order chi connectivity index (χ1) is 16.9. The van der Waals surface area contributed by atoms with Gasteiger partial charge in [-0.15, -0.1) is 0 Å². The number of nitrogens with zero attached hydrogens (tertiary/aromatic N) is 3. The van der Waals surface area contributed by atoms with Gasteiger partial charge in [0.05, 0.1) is 23.1 Å². The summed E-state index contributed by atoms with van der Waals surface area (Å²) in [5.41, 5.74) is 1.44. The summed E-state index contributed by atoms with van der Waals surface area (Å²) < 4.78 is 12.5. The number of aryl methyl sites for hydroxylation is 1. The average Bonchev–Trinajstić information content (AvgIpc) is 3.17. The second-order valence-corrected chi connectivity index (χ2v) is 8.39. The second kappa shape index (κ2) is 10.4. The first-order valence-corrected chi connectivity index (χ1v) is 11.5. The van der Waals surface area contributed by atoms with Gasteiger partial charge in [-0.2, -0.15) is 0 Å². The van der Waals surface area contributed by atoms with Crippen molar-refractivity contribution in [1.29, 1.82) is 0 Å². The van der Waals surface area contributed by atoms with E-state index in [0.29, 0.717) is 25.1 Å². The summed E-state index contributed by atoms with van der Waals surface area (Å²) >= 11 is 0. The SMILES string of the molecule is CCCOc1ccc2ccccc2c1CN(C)C(=O)CCCn1c(=O)oc2cc([N+](=O)[O-])ccc21. The van der Waals surface area contributed by atoms with Crippen molar-refractivity contribution in [3.05, 3.63) is 80.8 Å². The van der Waals surface area contributed by atoms with Crippen LogP contribution in [-0.4, -0.2) is 34.0 Å². The van der Waals surface area contributed by atoms with E-state index >= 15 is 0 Å². The van der Waals surface area contributed by atoms with E-state index in [1.165, 1.54) is 22.8 Å². The maximum absolute atomic E-state index is 12.9. The normalized spacial score (nSPS) is 11.1. The number of hydrogen-bond acceptors (Lipinski definition) is 6. The van der Waals surface area contributed by atoms with Gasteiger partial charge in [-0.05, 0) is 35.7 Å². The first kappa shape index (κ1) is 24.0. The van der Waals surface area contributed by atoms with Gasteiger partial charge < -0.3 is 14.1 Å². The molecule has 0 fully saturated rings. The molecule has 1 aromatic heterocycles. The predicted octanol–water partition coefficient (Wildman–Crippen LogP) is 4.88. The molecule has 182 valence electrons. The fourth-order valence-electron chi connectivity index (χ4n) is 4.11. The number of aromatic nitrogens is 1. The van der Waals surface area contributed by atoms with E-state index < -0.39 is 10.7 Å². The lowest BCUT2D eigenvalue weighted by Gasteiger charge is -2.21. The zero-order chi connectivity index (χ0) is 24.9. The Bertz CT molecular complexity index is 1440. The Morgan fingerprint density at radius 3 is 2.74 bits per heavy atom. The van der Waals surface area contributed by atoms with E-state index in [-0.39, 0.29) is 30.1 Å². The van der Waals surface area contributed by atoms with Crippen molar-refractivity contribution in [2.24, 2.45) is 0 Å². The van der Waals surface area contributed by atoms with E-state index in [0.717, 1.165) is 28.5 Å². The smallest absolute Gasteiger partial charge is 0.419 e. The third-order valence-electron chi connectivity index (χ3n) is 5.92. The van der Waals surface area contributed by atoms with Crippen molar-refractivity contribution < 1.29 is 18.9 Å². The molecule has 9 heteroatoms. The van der Waals surface area contributed by atoms with E-state index in [1.807, 2.05) is 43.3 Å². The summed E-state index contributed by atoms with van der Waals surface area (Å²) in [5, 5.41) is 13.1. The molecule has 9 nitrogen and oxygen atoms in total. The van der Waals surface area contributed by atoms with Gasteiger partial charge >= 0.3 is 5.76 Å². The molecular weight excluding hydrogens is 450 g/mol. The third kappa shape index (κ3) is 5.18. The molecule has 0 aliphatic carbocycles. The van der Waals surface area contributed by atoms with Crippen LogP contribution >= 0.6 is 0 Å². The van der Waals surface area contributed by atoms with E-state index in [1.54, 1.807) is 11.9 Å². The summed E-state index contributed by atoms with van der Waals surface area (Å²) in [6.45, 7) is 3.31. The van der Waals surface area contributed by atoms with Crippen LogP contribution in [0.3, 0.4) is 0 Å². The van der Waals surface area contributed by atoms with Crippen molar-refractivity contribution in [2.75, 3.05) is 13.7 Å². The summed E-state index contributed by atoms with van der Waals surface area (Å²) in [6.07, 6.45) is 1.54. The van der Waals surface area contributed by atoms with Crippen LogP contribution < -0.4 is 10.5 Å². The fraction of sp³-hybridized carbons (Fsp3) is 0.308. The molecule has 3 aromatic carbocycles. The Hall–Kier alpha value is -4.14. The van der Waals surface area contributed by atoms with Crippen LogP contribution in [0, 0.1) is 10.1 Å². The fourth-order valence-corrected chi connectivity index (χ4v) is 4.11. The molecule has 0 aliphatic rings. The van der Waals surface area contributed by atoms with Crippen molar-refractivity contribution in [3.63, 3.8) is 0 Å². The number of nitro groups is 1. The zero-order valence-electron chi connectivity index (χ0n) is 19.7. The Morgan fingerprint density at radius 2 is 1.97 bits per heavy atom. The first-order valence-electron chi connectivity index (χ1n) is 11.5. The molecule has 0 N–H and O–H groups in total. The van der Waals surface area contributed by atoms with E-state index in [2.05, 4.69) is 0 Å². The maximum Gasteiger partial charge on any atom is 0.419 e. The number of hydrogen-bond donors (Lipinski definition) is 0. The van der Waals surface area contributed by atoms with Crippen LogP contribution in [0.15, 0.2) is 63.8 Å². The zero-order valence-corrected chi connectivity index (χ0v) is 19.7. The number of ether oxygens (including phenoxy) is 1. The Balaban J connectivity index is 1.44. The molecule has 0 saturated carbocycles. The highest BCUT2D eigenvalue weighted by Crippen LogP contribution is 2.29. The van der Waals surface area contributed by atoms with Crippen LogP contribution in [0.4, 0.5) is 5.69 Å². The number of non-ortho nitro benzene ring substituents is 1. The molecule has 4 aromatic rings. The molecule has 0 bridgehead atoms. The summed E-state index contributed by atoms with van der Waals surface area (Å²) in [7, 11) is 1.76. The highest BCUT2D eigenvalue weighted by molar-refractivity contribution is 5.88. The van der Waals surface area contributed by atoms with Gasteiger partial charge in [0.1, 0.15) is 5.75 Å². The van der Waals surface area contributed by atoms with Crippen LogP contribution in [0.1, 0.15) is 31.7 Å². The molecule has 1 amide bonds. The molecule has 0 unspecified atom stereocenters. The molecule has 0 atom stereocenters. The number of carbonyl (C=O) groups is 1. The largest absolute Gasteiger partial charge is 0.493 e. The standard InChI is InChI=1S/C26H27N3O6/c1-3-15-34-23-13-10-18-7-4-5-8-20(18)21(23)17-27(2)25(30)9-6-14-28-22-12-11-19(29(32)33)16-24(22)35-26(28)31/h4-5,7-8,10-13,16H,3,6,9,14-15,17H2,1-2H3. The molecule has 0 saturated heterocycles. The van der Waals surface area contributed by atoms with Gasteiger partial charge in [0, 0.05) is 38.2 Å². The maximum atomic E-state index is 12.9. The molecule has 4 rings (SSSR count). The Morgan fingerprint density at radius 1 is 1.17 bits per heavy atom. The van der Waals surface area contributed by atoms with Gasteiger partial charge in [-0.1, -0.05) is 37.3 Å². The lowest BCUT2D eigenvalue weighted by Crippen LogP contribution is -2.27. The van der Waals surface area contributed by atoms with Gasteiger partial charge in [-0.3, -0.25) is 19.5 Å². The molecule has 1 heterocycles. The van der Waals surface area contributed by atoms with Crippen LogP contribution in [0.25, 0.3) is 21.9 Å². The quantitative estimate of drug-likeness (QED) is 0.238. The summed E-state index contributed by atoms with van der Waals surface area (Å²) in [6, 6.07) is 16.0. The molecule has 0 radical (unpaired) electrons. The van der Waals surface area contributed by atoms with Crippen LogP contribution in [-0.2, 0) is 17.9 Å². The number of oxazole rings is 1. The average molecular weight is 478 g/mol. The van der Waals surface area contributed by atoms with Crippen LogP contribution in [0.5, 0.6) is 5.75 Å². The number of fused-ring (bicyclic) bond motifs is 2. The molecule has 35 heavy (non-hydrogen) atoms. The monoisotopic (exact) mass is 477 g/mol. The van der Waals surface area contributed by atoms with Crippen molar-refractivity contribution in [1.82, 2.24) is 9.47 Å². The second-order valence-electron chi connectivity index (χ2n) is 8.39. The molecular formula is C26H27N3O6. The molecule has 0 aliphatic heterocycles. The van der Waals surface area contributed by atoms with Crippen molar-refractivity contribution >= 4 is 33.5 Å². The number of amides is 1. The van der Waals surface area contributed by atoms with Crippen molar-refractivity contribution in [2.45, 2.75) is 39.3 Å². The Labute approximate surface area is 201 Å². The predicted molar refractivity (Wildman–Crippen MR) is 133 cm³/mol. The topological polar surface area (TPSA) is 108 Å². The lowest BCUT2D eigenvalue weighted by molar-refractivity contribution is -0.384. The number of benzene rings is 3. The minimum Gasteiger partial charge on any atom is -0.493 e.